The molecule has 2 aliphatic rings. The Bertz CT molecular complexity index is 972. The largest absolute Gasteiger partial charge is 0.342 e. The average Bonchev–Trinajstić information content (AvgIpc) is 2.98. The topological polar surface area (TPSA) is 64.2 Å². The maximum atomic E-state index is 13.0. The van der Waals surface area contributed by atoms with E-state index in [9.17, 15) is 4.79 Å². The van der Waals surface area contributed by atoms with E-state index in [4.69, 9.17) is 28.9 Å². The molecule has 1 aromatic carbocycles. The summed E-state index contributed by atoms with van der Waals surface area (Å²) in [4.78, 5) is 21.1. The second-order valence-corrected chi connectivity index (χ2v) is 10.2. The Morgan fingerprint density at radius 2 is 1.93 bits per heavy atom. The van der Waals surface area contributed by atoms with Crippen LogP contribution in [0.25, 0.3) is 0 Å². The smallest absolute Gasteiger partial charge is 0.268 e. The van der Waals surface area contributed by atoms with E-state index in [1.165, 1.54) is 24.6 Å². The lowest BCUT2D eigenvalue weighted by Gasteiger charge is -2.43. The van der Waals surface area contributed by atoms with Crippen molar-refractivity contribution in [3.05, 3.63) is 44.8 Å². The van der Waals surface area contributed by atoms with E-state index in [0.29, 0.717) is 26.8 Å². The highest BCUT2D eigenvalue weighted by Crippen LogP contribution is 2.48. The molecule has 2 atom stereocenters. The van der Waals surface area contributed by atoms with Gasteiger partial charge in [-0.25, -0.2) is 4.98 Å². The van der Waals surface area contributed by atoms with Crippen LogP contribution in [0.5, 0.6) is 0 Å². The van der Waals surface area contributed by atoms with Crippen molar-refractivity contribution >= 4 is 40.9 Å². The van der Waals surface area contributed by atoms with E-state index in [-0.39, 0.29) is 17.0 Å². The summed E-state index contributed by atoms with van der Waals surface area (Å²) in [5.74, 6) is 1.31. The Labute approximate surface area is 185 Å². The predicted molar refractivity (Wildman–Crippen MR) is 120 cm³/mol. The van der Waals surface area contributed by atoms with Gasteiger partial charge in [0.1, 0.15) is 0 Å². The van der Waals surface area contributed by atoms with E-state index in [1.54, 1.807) is 23.9 Å². The van der Waals surface area contributed by atoms with Crippen LogP contribution in [-0.4, -0.2) is 28.7 Å². The van der Waals surface area contributed by atoms with Crippen molar-refractivity contribution in [1.29, 1.82) is 0 Å². The number of aromatic nitrogens is 2. The summed E-state index contributed by atoms with van der Waals surface area (Å²) in [6.07, 6.45) is 6.20. The molecular formula is C21H26Cl2N4OS. The quantitative estimate of drug-likeness (QED) is 0.737. The number of piperidine rings is 1. The molecule has 156 valence electrons. The number of nitrogens with two attached hydrogens (primary N) is 1. The van der Waals surface area contributed by atoms with Crippen LogP contribution in [0.4, 0.5) is 5.95 Å². The van der Waals surface area contributed by atoms with Gasteiger partial charge in [-0.1, -0.05) is 48.0 Å². The van der Waals surface area contributed by atoms with E-state index < -0.39 is 0 Å². The molecule has 4 rings (SSSR count). The fraction of sp³-hybridized carbons (Fsp3) is 0.524. The monoisotopic (exact) mass is 452 g/mol. The van der Waals surface area contributed by atoms with Gasteiger partial charge in [-0.15, -0.1) is 0 Å². The Kier molecular flexibility index (Phi) is 5.90. The van der Waals surface area contributed by atoms with Gasteiger partial charge in [0.25, 0.3) is 5.56 Å². The molecule has 1 saturated carbocycles. The van der Waals surface area contributed by atoms with Crippen LogP contribution < -0.4 is 16.2 Å². The fourth-order valence-corrected chi connectivity index (χ4v) is 6.14. The summed E-state index contributed by atoms with van der Waals surface area (Å²) in [6, 6.07) is 5.68. The molecule has 2 fully saturated rings. The number of halogens is 2. The van der Waals surface area contributed by atoms with Crippen molar-refractivity contribution in [1.82, 2.24) is 9.55 Å². The van der Waals surface area contributed by atoms with Crippen LogP contribution in [0.2, 0.25) is 10.0 Å². The third-order valence-corrected chi connectivity index (χ3v) is 8.70. The minimum absolute atomic E-state index is 0.0810. The first-order chi connectivity index (χ1) is 13.8. The molecule has 1 aromatic heterocycles. The summed E-state index contributed by atoms with van der Waals surface area (Å²) in [5, 5.41) is 0.925. The lowest BCUT2D eigenvalue weighted by atomic mass is 9.73. The normalized spacial score (nSPS) is 23.7. The van der Waals surface area contributed by atoms with Crippen molar-refractivity contribution in [3.8, 4) is 0 Å². The Balaban J connectivity index is 1.53. The van der Waals surface area contributed by atoms with Crippen molar-refractivity contribution in [2.45, 2.75) is 48.4 Å². The molecule has 1 spiro atoms. The number of nitrogens with zero attached hydrogens (tertiary/aromatic N) is 3. The number of anilines is 1. The third kappa shape index (κ3) is 3.80. The lowest BCUT2D eigenvalue weighted by molar-refractivity contribution is 0.185. The molecule has 2 aromatic rings. The highest BCUT2D eigenvalue weighted by molar-refractivity contribution is 7.99. The van der Waals surface area contributed by atoms with Gasteiger partial charge in [0.2, 0.25) is 5.95 Å². The summed E-state index contributed by atoms with van der Waals surface area (Å²) in [6.45, 7) is 4.03. The molecule has 5 nitrogen and oxygen atoms in total. The Morgan fingerprint density at radius 3 is 2.59 bits per heavy atom. The number of benzene rings is 1. The minimum Gasteiger partial charge on any atom is -0.342 e. The van der Waals surface area contributed by atoms with Gasteiger partial charge in [-0.3, -0.25) is 9.36 Å². The molecule has 29 heavy (non-hydrogen) atoms. The highest BCUT2D eigenvalue weighted by atomic mass is 35.5. The summed E-state index contributed by atoms with van der Waals surface area (Å²) in [7, 11) is 1.78. The van der Waals surface area contributed by atoms with E-state index in [2.05, 4.69) is 16.8 Å². The molecule has 0 radical (unpaired) electrons. The van der Waals surface area contributed by atoms with Crippen LogP contribution in [0.1, 0.15) is 32.6 Å². The summed E-state index contributed by atoms with van der Waals surface area (Å²) >= 11 is 13.7. The molecule has 0 amide bonds. The SMILES string of the molecule is C[C@@H]1CCC2(CCN(c3ncc(Sc4cccc(Cl)c4Cl)c(=O)n3C)CC2)[C@@H]1N. The first-order valence-electron chi connectivity index (χ1n) is 10.0. The second kappa shape index (κ2) is 8.14. The minimum atomic E-state index is -0.0810. The van der Waals surface area contributed by atoms with Crippen molar-refractivity contribution < 1.29 is 0 Å². The molecule has 1 aliphatic heterocycles. The zero-order valence-electron chi connectivity index (χ0n) is 16.7. The average molecular weight is 453 g/mol. The fourth-order valence-electron chi connectivity index (χ4n) is 4.76. The molecule has 1 saturated heterocycles. The van der Waals surface area contributed by atoms with Crippen LogP contribution in [0.3, 0.4) is 0 Å². The first-order valence-corrected chi connectivity index (χ1v) is 11.6. The lowest BCUT2D eigenvalue weighted by Crippen LogP contribution is -2.49. The molecule has 1 aliphatic carbocycles. The van der Waals surface area contributed by atoms with Crippen molar-refractivity contribution in [2.75, 3.05) is 18.0 Å². The van der Waals surface area contributed by atoms with Crippen LogP contribution in [0.15, 0.2) is 39.0 Å². The number of hydrogen-bond acceptors (Lipinski definition) is 5. The maximum absolute atomic E-state index is 13.0. The Morgan fingerprint density at radius 1 is 1.21 bits per heavy atom. The van der Waals surface area contributed by atoms with Gasteiger partial charge < -0.3 is 10.6 Å². The van der Waals surface area contributed by atoms with E-state index >= 15 is 0 Å². The molecule has 8 heteroatoms. The molecule has 2 N–H and O–H groups in total. The standard InChI is InChI=1S/C21H26Cl2N4OS/c1-13-6-7-21(18(13)24)8-10-27(11-9-21)20-25-12-16(19(28)26(20)2)29-15-5-3-4-14(22)17(15)23/h3-5,12-13,18H,6-11,24H2,1-2H3/t13-,18-/m1/s1. The van der Waals surface area contributed by atoms with Gasteiger partial charge in [-0.05, 0) is 49.1 Å². The van der Waals surface area contributed by atoms with Crippen LogP contribution >= 0.6 is 35.0 Å². The van der Waals surface area contributed by atoms with Gasteiger partial charge in [0.15, 0.2) is 0 Å². The number of rotatable bonds is 3. The van der Waals surface area contributed by atoms with Gasteiger partial charge in [-0.2, -0.15) is 0 Å². The second-order valence-electron chi connectivity index (χ2n) is 8.33. The predicted octanol–water partition coefficient (Wildman–Crippen LogP) is 4.58. The molecule has 2 heterocycles. The molecule has 0 bridgehead atoms. The van der Waals surface area contributed by atoms with Crippen LogP contribution in [-0.2, 0) is 7.05 Å². The van der Waals surface area contributed by atoms with Crippen LogP contribution in [0, 0.1) is 11.3 Å². The third-order valence-electron chi connectivity index (χ3n) is 6.71. The van der Waals surface area contributed by atoms with Gasteiger partial charge in [0, 0.05) is 31.1 Å². The zero-order chi connectivity index (χ0) is 20.8. The molecular weight excluding hydrogens is 427 g/mol. The maximum Gasteiger partial charge on any atom is 0.268 e. The van der Waals surface area contributed by atoms with E-state index in [1.807, 2.05) is 12.1 Å². The van der Waals surface area contributed by atoms with Crippen molar-refractivity contribution in [2.24, 2.45) is 24.1 Å². The molecule has 0 unspecified atom stereocenters. The summed E-state index contributed by atoms with van der Waals surface area (Å²) in [5.41, 5.74) is 6.71. The highest BCUT2D eigenvalue weighted by Gasteiger charge is 2.46. The Hall–Kier alpha value is -1.21. The first kappa shape index (κ1) is 21.0. The van der Waals surface area contributed by atoms with Gasteiger partial charge >= 0.3 is 0 Å². The number of hydrogen-bond donors (Lipinski definition) is 1. The van der Waals surface area contributed by atoms with Gasteiger partial charge in [0.05, 0.1) is 21.1 Å². The zero-order valence-corrected chi connectivity index (χ0v) is 19.0. The summed E-state index contributed by atoms with van der Waals surface area (Å²) < 4.78 is 1.63. The van der Waals surface area contributed by atoms with Crippen molar-refractivity contribution in [3.63, 3.8) is 0 Å². The van der Waals surface area contributed by atoms with E-state index in [0.717, 1.165) is 30.8 Å².